The van der Waals surface area contributed by atoms with Crippen LogP contribution in [0.5, 0.6) is 0 Å². The average Bonchev–Trinajstić information content (AvgIpc) is 2.97. The Bertz CT molecular complexity index is 598. The van der Waals surface area contributed by atoms with E-state index in [9.17, 15) is 18.7 Å². The Hall–Kier alpha value is -1.57. The van der Waals surface area contributed by atoms with Crippen molar-refractivity contribution in [2.24, 2.45) is 11.8 Å². The lowest BCUT2D eigenvalue weighted by atomic mass is 9.96. The van der Waals surface area contributed by atoms with E-state index in [-0.39, 0.29) is 24.0 Å². The van der Waals surface area contributed by atoms with Gasteiger partial charge in [-0.15, -0.1) is 0 Å². The number of benzene rings is 1. The summed E-state index contributed by atoms with van der Waals surface area (Å²) in [7, 11) is 6.02. The normalized spacial score (nSPS) is 20.7. The Balaban J connectivity index is 2.02. The predicted molar refractivity (Wildman–Crippen MR) is 92.4 cm³/mol. The number of rotatable bonds is 7. The molecule has 1 saturated heterocycles. The van der Waals surface area contributed by atoms with E-state index < -0.39 is 17.5 Å². The SMILES string of the molecule is CN(C)CCN(C)C[C@@H]1CN(C(=O)c2cc(F)ccc2F)C[C@@H]1CO. The molecule has 1 heterocycles. The van der Waals surface area contributed by atoms with Crippen molar-refractivity contribution in [3.8, 4) is 0 Å². The van der Waals surface area contributed by atoms with Gasteiger partial charge < -0.3 is 19.8 Å². The van der Waals surface area contributed by atoms with Crippen molar-refractivity contribution in [3.05, 3.63) is 35.4 Å². The Kier molecular flexibility index (Phi) is 6.87. The van der Waals surface area contributed by atoms with Gasteiger partial charge in [-0.3, -0.25) is 4.79 Å². The van der Waals surface area contributed by atoms with E-state index in [1.807, 2.05) is 21.1 Å². The third-order valence-corrected chi connectivity index (χ3v) is 4.73. The summed E-state index contributed by atoms with van der Waals surface area (Å²) >= 11 is 0. The smallest absolute Gasteiger partial charge is 0.256 e. The molecule has 1 amide bonds. The van der Waals surface area contributed by atoms with E-state index in [4.69, 9.17) is 0 Å². The van der Waals surface area contributed by atoms with Gasteiger partial charge in [-0.2, -0.15) is 0 Å². The zero-order valence-electron chi connectivity index (χ0n) is 15.1. The number of carbonyl (C=O) groups is 1. The van der Waals surface area contributed by atoms with Gasteiger partial charge in [0.1, 0.15) is 11.6 Å². The number of likely N-dealkylation sites (tertiary alicyclic amines) is 1. The van der Waals surface area contributed by atoms with E-state index in [1.54, 1.807) is 0 Å². The number of hydrogen-bond donors (Lipinski definition) is 1. The minimum absolute atomic E-state index is 0.0262. The summed E-state index contributed by atoms with van der Waals surface area (Å²) in [5, 5.41) is 9.64. The minimum Gasteiger partial charge on any atom is -0.396 e. The van der Waals surface area contributed by atoms with E-state index in [2.05, 4.69) is 9.80 Å². The van der Waals surface area contributed by atoms with Gasteiger partial charge in [0.25, 0.3) is 5.91 Å². The molecule has 7 heteroatoms. The summed E-state index contributed by atoms with van der Waals surface area (Å²) in [6.07, 6.45) is 0. The van der Waals surface area contributed by atoms with Crippen molar-refractivity contribution in [1.82, 2.24) is 14.7 Å². The van der Waals surface area contributed by atoms with E-state index in [0.717, 1.165) is 37.8 Å². The summed E-state index contributed by atoms with van der Waals surface area (Å²) in [6.45, 7) is 3.32. The number of carbonyl (C=O) groups excluding carboxylic acids is 1. The maximum atomic E-state index is 13.9. The van der Waals surface area contributed by atoms with Crippen LogP contribution in [0, 0.1) is 23.5 Å². The molecule has 2 rings (SSSR count). The van der Waals surface area contributed by atoms with Crippen molar-refractivity contribution in [3.63, 3.8) is 0 Å². The monoisotopic (exact) mass is 355 g/mol. The molecule has 1 aromatic rings. The lowest BCUT2D eigenvalue weighted by Gasteiger charge is -2.25. The van der Waals surface area contributed by atoms with Crippen LogP contribution in [0.2, 0.25) is 0 Å². The number of aliphatic hydroxyl groups is 1. The van der Waals surface area contributed by atoms with Gasteiger partial charge in [-0.05, 0) is 45.3 Å². The lowest BCUT2D eigenvalue weighted by Crippen LogP contribution is -2.35. The fourth-order valence-corrected chi connectivity index (χ4v) is 3.21. The summed E-state index contributed by atoms with van der Waals surface area (Å²) in [4.78, 5) is 18.3. The Morgan fingerprint density at radius 2 is 1.88 bits per heavy atom. The lowest BCUT2D eigenvalue weighted by molar-refractivity contribution is 0.0774. The molecule has 0 aliphatic carbocycles. The number of amides is 1. The number of hydrogen-bond acceptors (Lipinski definition) is 4. The molecule has 1 aromatic carbocycles. The van der Waals surface area contributed by atoms with Crippen LogP contribution in [0.3, 0.4) is 0 Å². The fourth-order valence-electron chi connectivity index (χ4n) is 3.21. The quantitative estimate of drug-likeness (QED) is 0.797. The molecule has 5 nitrogen and oxygen atoms in total. The minimum atomic E-state index is -0.724. The molecule has 0 aromatic heterocycles. The van der Waals surface area contributed by atoms with E-state index >= 15 is 0 Å². The van der Waals surface area contributed by atoms with Gasteiger partial charge in [0, 0.05) is 45.2 Å². The highest BCUT2D eigenvalue weighted by atomic mass is 19.1. The molecule has 0 bridgehead atoms. The topological polar surface area (TPSA) is 47.0 Å². The first kappa shape index (κ1) is 19.8. The van der Waals surface area contributed by atoms with Crippen LogP contribution in [0.4, 0.5) is 8.78 Å². The standard InChI is InChI=1S/C18H27F2N3O2/c1-21(2)6-7-22(3)9-13-10-23(11-14(13)12-24)18(25)16-8-15(19)4-5-17(16)20/h4-5,8,13-14,24H,6-7,9-12H2,1-3H3/t13-,14-/m1/s1. The maximum Gasteiger partial charge on any atom is 0.256 e. The number of aliphatic hydroxyl groups excluding tert-OH is 1. The van der Waals surface area contributed by atoms with Gasteiger partial charge in [0.05, 0.1) is 5.56 Å². The van der Waals surface area contributed by atoms with Crippen LogP contribution in [0.25, 0.3) is 0 Å². The summed E-state index contributed by atoms with van der Waals surface area (Å²) in [5.41, 5.74) is -0.252. The second-order valence-electron chi connectivity index (χ2n) is 7.10. The molecule has 0 radical (unpaired) electrons. The van der Waals surface area contributed by atoms with Crippen LogP contribution >= 0.6 is 0 Å². The van der Waals surface area contributed by atoms with Crippen LogP contribution < -0.4 is 0 Å². The first-order chi connectivity index (χ1) is 11.8. The van der Waals surface area contributed by atoms with Crippen molar-refractivity contribution in [1.29, 1.82) is 0 Å². The molecule has 1 aliphatic rings. The van der Waals surface area contributed by atoms with Crippen molar-refractivity contribution >= 4 is 5.91 Å². The largest absolute Gasteiger partial charge is 0.396 e. The average molecular weight is 355 g/mol. The summed E-state index contributed by atoms with van der Waals surface area (Å²) in [6, 6.07) is 2.89. The molecular weight excluding hydrogens is 328 g/mol. The van der Waals surface area contributed by atoms with Crippen molar-refractivity contribution in [2.45, 2.75) is 0 Å². The highest BCUT2D eigenvalue weighted by molar-refractivity contribution is 5.94. The van der Waals surface area contributed by atoms with Crippen molar-refractivity contribution < 1.29 is 18.7 Å². The number of nitrogens with zero attached hydrogens (tertiary/aromatic N) is 3. The number of likely N-dealkylation sites (N-methyl/N-ethyl adjacent to an activating group) is 2. The van der Waals surface area contributed by atoms with Gasteiger partial charge in [-0.1, -0.05) is 0 Å². The zero-order valence-corrected chi connectivity index (χ0v) is 15.1. The molecule has 0 unspecified atom stereocenters. The molecule has 1 N–H and O–H groups in total. The van der Waals surface area contributed by atoms with Gasteiger partial charge in [0.15, 0.2) is 0 Å². The molecule has 1 fully saturated rings. The van der Waals surface area contributed by atoms with Crippen LogP contribution in [-0.2, 0) is 0 Å². The van der Waals surface area contributed by atoms with Gasteiger partial charge in [0.2, 0.25) is 0 Å². The molecule has 1 aliphatic heterocycles. The molecule has 0 spiro atoms. The second-order valence-corrected chi connectivity index (χ2v) is 7.10. The fraction of sp³-hybridized carbons (Fsp3) is 0.611. The van der Waals surface area contributed by atoms with E-state index in [0.29, 0.717) is 13.1 Å². The van der Waals surface area contributed by atoms with Crippen LogP contribution in [-0.4, -0.2) is 86.2 Å². The van der Waals surface area contributed by atoms with Gasteiger partial charge in [-0.25, -0.2) is 8.78 Å². The Morgan fingerprint density at radius 1 is 1.20 bits per heavy atom. The molecule has 0 saturated carbocycles. The van der Waals surface area contributed by atoms with Crippen LogP contribution in [0.1, 0.15) is 10.4 Å². The highest BCUT2D eigenvalue weighted by Crippen LogP contribution is 2.26. The predicted octanol–water partition coefficient (Wildman–Crippen LogP) is 1.14. The highest BCUT2D eigenvalue weighted by Gasteiger charge is 2.36. The zero-order chi connectivity index (χ0) is 18.6. The molecular formula is C18H27F2N3O2. The third kappa shape index (κ3) is 5.20. The summed E-state index contributed by atoms with van der Waals surface area (Å²) < 4.78 is 27.2. The maximum absolute atomic E-state index is 13.9. The van der Waals surface area contributed by atoms with Gasteiger partial charge >= 0.3 is 0 Å². The van der Waals surface area contributed by atoms with Crippen molar-refractivity contribution in [2.75, 3.05) is 60.5 Å². The Morgan fingerprint density at radius 3 is 2.52 bits per heavy atom. The third-order valence-electron chi connectivity index (χ3n) is 4.73. The molecule has 25 heavy (non-hydrogen) atoms. The first-order valence-electron chi connectivity index (χ1n) is 8.50. The number of halogens is 2. The van der Waals surface area contributed by atoms with E-state index in [1.165, 1.54) is 4.90 Å². The molecule has 140 valence electrons. The Labute approximate surface area is 147 Å². The second kappa shape index (κ2) is 8.69. The first-order valence-corrected chi connectivity index (χ1v) is 8.50. The van der Waals surface area contributed by atoms with Crippen LogP contribution in [0.15, 0.2) is 18.2 Å². The summed E-state index contributed by atoms with van der Waals surface area (Å²) in [5.74, 6) is -1.82. The molecule has 2 atom stereocenters.